The number of anilines is 2. The van der Waals surface area contributed by atoms with Crippen LogP contribution in [0.2, 0.25) is 0 Å². The van der Waals surface area contributed by atoms with E-state index in [9.17, 15) is 9.18 Å². The number of aromatic nitrogens is 4. The molecule has 0 aliphatic heterocycles. The summed E-state index contributed by atoms with van der Waals surface area (Å²) < 4.78 is 21.7. The van der Waals surface area contributed by atoms with Crippen molar-refractivity contribution in [2.24, 2.45) is 5.92 Å². The number of rotatable bonds is 6. The van der Waals surface area contributed by atoms with Gasteiger partial charge in [0.05, 0.1) is 23.3 Å². The van der Waals surface area contributed by atoms with Crippen LogP contribution in [0.25, 0.3) is 17.0 Å². The van der Waals surface area contributed by atoms with Gasteiger partial charge in [-0.05, 0) is 31.0 Å². The first-order valence-electron chi connectivity index (χ1n) is 9.94. The van der Waals surface area contributed by atoms with Crippen LogP contribution in [-0.4, -0.2) is 31.8 Å². The van der Waals surface area contributed by atoms with Crippen LogP contribution < -0.4 is 10.6 Å². The first-order chi connectivity index (χ1) is 14.8. The van der Waals surface area contributed by atoms with Gasteiger partial charge in [0.2, 0.25) is 11.5 Å². The first kappa shape index (κ1) is 20.5. The molecule has 2 N–H and O–H groups in total. The highest BCUT2D eigenvalue weighted by atomic mass is 19.1. The average molecular weight is 422 g/mol. The topological polar surface area (TPSA) is 97.4 Å². The molecule has 31 heavy (non-hydrogen) atoms. The predicted octanol–water partition coefficient (Wildman–Crippen LogP) is 4.46. The maximum atomic E-state index is 14.6. The van der Waals surface area contributed by atoms with Gasteiger partial charge in [-0.3, -0.25) is 9.20 Å². The van der Waals surface area contributed by atoms with E-state index in [1.165, 1.54) is 18.2 Å². The van der Waals surface area contributed by atoms with Crippen molar-refractivity contribution < 1.29 is 13.6 Å². The second kappa shape index (κ2) is 8.17. The molecule has 160 valence electrons. The van der Waals surface area contributed by atoms with Crippen molar-refractivity contribution in [3.8, 4) is 11.3 Å². The molecule has 0 bridgehead atoms. The summed E-state index contributed by atoms with van der Waals surface area (Å²) in [6.45, 7) is 8.41. The van der Waals surface area contributed by atoms with E-state index < -0.39 is 11.7 Å². The fourth-order valence-electron chi connectivity index (χ4n) is 3.16. The number of carbonyl (C=O) groups is 1. The second-order valence-electron chi connectivity index (χ2n) is 7.75. The number of nitrogens with one attached hydrogen (secondary N) is 2. The molecule has 4 rings (SSSR count). The molecule has 1 aromatic carbocycles. The Bertz CT molecular complexity index is 1260. The van der Waals surface area contributed by atoms with Gasteiger partial charge < -0.3 is 15.1 Å². The van der Waals surface area contributed by atoms with Crippen molar-refractivity contribution >= 4 is 23.1 Å². The summed E-state index contributed by atoms with van der Waals surface area (Å²) in [5, 5.41) is 6.02. The van der Waals surface area contributed by atoms with Crippen LogP contribution in [0, 0.1) is 25.6 Å². The van der Waals surface area contributed by atoms with Crippen LogP contribution in [0.3, 0.4) is 0 Å². The molecular formula is C22H23FN6O2. The summed E-state index contributed by atoms with van der Waals surface area (Å²) in [4.78, 5) is 25.3. The van der Waals surface area contributed by atoms with E-state index in [2.05, 4.69) is 39.4 Å². The molecule has 0 saturated heterocycles. The summed E-state index contributed by atoms with van der Waals surface area (Å²) in [6, 6.07) is 4.30. The van der Waals surface area contributed by atoms with Crippen molar-refractivity contribution in [3.05, 3.63) is 60.0 Å². The minimum Gasteiger partial charge on any atom is -0.436 e. The van der Waals surface area contributed by atoms with Gasteiger partial charge in [0, 0.05) is 37.1 Å². The van der Waals surface area contributed by atoms with Crippen LogP contribution in [0.15, 0.2) is 41.2 Å². The van der Waals surface area contributed by atoms with Gasteiger partial charge in [-0.1, -0.05) is 13.8 Å². The minimum atomic E-state index is -0.453. The van der Waals surface area contributed by atoms with E-state index in [0.717, 1.165) is 12.2 Å². The van der Waals surface area contributed by atoms with Crippen molar-refractivity contribution in [1.29, 1.82) is 0 Å². The molecule has 0 atom stereocenters. The van der Waals surface area contributed by atoms with Crippen molar-refractivity contribution in [3.63, 3.8) is 0 Å². The van der Waals surface area contributed by atoms with E-state index in [1.807, 2.05) is 6.20 Å². The third-order valence-corrected chi connectivity index (χ3v) is 4.63. The molecule has 0 unspecified atom stereocenters. The van der Waals surface area contributed by atoms with E-state index >= 15 is 0 Å². The zero-order valence-corrected chi connectivity index (χ0v) is 17.7. The van der Waals surface area contributed by atoms with Crippen molar-refractivity contribution in [2.75, 3.05) is 17.2 Å². The Morgan fingerprint density at radius 3 is 2.71 bits per heavy atom. The van der Waals surface area contributed by atoms with Crippen LogP contribution >= 0.6 is 0 Å². The molecule has 0 aliphatic carbocycles. The monoisotopic (exact) mass is 422 g/mol. The Kier molecular flexibility index (Phi) is 5.41. The Balaban J connectivity index is 1.61. The summed E-state index contributed by atoms with van der Waals surface area (Å²) >= 11 is 0. The average Bonchev–Trinajstić information content (AvgIpc) is 3.29. The third-order valence-electron chi connectivity index (χ3n) is 4.63. The lowest BCUT2D eigenvalue weighted by Gasteiger charge is -2.08. The number of nitrogens with zero attached hydrogens (tertiary/aromatic N) is 4. The van der Waals surface area contributed by atoms with Crippen molar-refractivity contribution in [2.45, 2.75) is 27.7 Å². The number of aryl methyl sites for hydroxylation is 2. The smallest absolute Gasteiger partial charge is 0.293 e. The molecule has 9 heteroatoms. The van der Waals surface area contributed by atoms with E-state index in [4.69, 9.17) is 4.42 Å². The quantitative estimate of drug-likeness (QED) is 0.476. The fourth-order valence-corrected chi connectivity index (χ4v) is 3.16. The number of carbonyl (C=O) groups excluding carboxylic acids is 1. The van der Waals surface area contributed by atoms with Crippen LogP contribution in [-0.2, 0) is 0 Å². The first-order valence-corrected chi connectivity index (χ1v) is 9.94. The van der Waals surface area contributed by atoms with Gasteiger partial charge in [-0.15, -0.1) is 0 Å². The van der Waals surface area contributed by atoms with E-state index in [-0.39, 0.29) is 11.3 Å². The fraction of sp³-hybridized carbons (Fsp3) is 0.273. The maximum absolute atomic E-state index is 14.6. The number of halogens is 1. The number of hydrogen-bond acceptors (Lipinski definition) is 6. The highest BCUT2D eigenvalue weighted by molar-refractivity contribution is 6.03. The van der Waals surface area contributed by atoms with Crippen LogP contribution in [0.5, 0.6) is 0 Å². The lowest BCUT2D eigenvalue weighted by Crippen LogP contribution is -2.12. The molecular weight excluding hydrogens is 399 g/mol. The summed E-state index contributed by atoms with van der Waals surface area (Å²) in [5.74, 6) is 0.570. The van der Waals surface area contributed by atoms with E-state index in [0.29, 0.717) is 34.7 Å². The molecule has 3 heterocycles. The zero-order chi connectivity index (χ0) is 22.1. The molecule has 3 aromatic heterocycles. The maximum Gasteiger partial charge on any atom is 0.293 e. The predicted molar refractivity (Wildman–Crippen MR) is 116 cm³/mol. The lowest BCUT2D eigenvalue weighted by molar-refractivity contribution is 0.0994. The Labute approximate surface area is 178 Å². The van der Waals surface area contributed by atoms with Gasteiger partial charge in [-0.25, -0.2) is 19.3 Å². The Morgan fingerprint density at radius 2 is 2.00 bits per heavy atom. The van der Waals surface area contributed by atoms with Crippen LogP contribution in [0.1, 0.15) is 36.0 Å². The highest BCUT2D eigenvalue weighted by Gasteiger charge is 2.18. The van der Waals surface area contributed by atoms with Gasteiger partial charge in [0.15, 0.2) is 5.89 Å². The van der Waals surface area contributed by atoms with Gasteiger partial charge in [0.25, 0.3) is 5.91 Å². The number of oxazole rings is 1. The Hall–Kier alpha value is -3.75. The molecule has 0 radical (unpaired) electrons. The Morgan fingerprint density at radius 1 is 1.19 bits per heavy atom. The highest BCUT2D eigenvalue weighted by Crippen LogP contribution is 2.26. The SMILES string of the molecule is Cc1nc(C)c(C(=O)Nc2ccc(F)c(-c3cn4cc(NCC(C)C)cnc4n3)c2)o1. The van der Waals surface area contributed by atoms with Crippen molar-refractivity contribution in [1.82, 2.24) is 19.4 Å². The number of amides is 1. The lowest BCUT2D eigenvalue weighted by atomic mass is 10.1. The summed E-state index contributed by atoms with van der Waals surface area (Å²) in [7, 11) is 0. The second-order valence-corrected chi connectivity index (χ2v) is 7.75. The molecule has 0 saturated carbocycles. The van der Waals surface area contributed by atoms with Gasteiger partial charge in [0.1, 0.15) is 5.82 Å². The minimum absolute atomic E-state index is 0.127. The summed E-state index contributed by atoms with van der Waals surface area (Å²) in [5.41, 5.74) is 2.42. The number of fused-ring (bicyclic) bond motifs is 1. The number of imidazole rings is 1. The van der Waals surface area contributed by atoms with Gasteiger partial charge >= 0.3 is 0 Å². The van der Waals surface area contributed by atoms with Gasteiger partial charge in [-0.2, -0.15) is 0 Å². The largest absolute Gasteiger partial charge is 0.436 e. The molecule has 0 fully saturated rings. The third kappa shape index (κ3) is 4.40. The number of benzene rings is 1. The van der Waals surface area contributed by atoms with E-state index in [1.54, 1.807) is 30.6 Å². The summed E-state index contributed by atoms with van der Waals surface area (Å²) in [6.07, 6.45) is 5.26. The molecule has 0 spiro atoms. The zero-order valence-electron chi connectivity index (χ0n) is 17.7. The van der Waals surface area contributed by atoms with Crippen LogP contribution in [0.4, 0.5) is 15.8 Å². The molecule has 8 nitrogen and oxygen atoms in total. The molecule has 4 aromatic rings. The molecule has 1 amide bonds. The normalized spacial score (nSPS) is 11.3. The standard InChI is InChI=1S/C22H23FN6O2/c1-12(2)8-24-16-9-25-22-28-19(11-29(22)10-16)17-7-15(5-6-18(17)23)27-21(30)20-13(3)26-14(4)31-20/h5-7,9-12,24H,8H2,1-4H3,(H,27,30). The molecule has 0 aliphatic rings. The number of hydrogen-bond donors (Lipinski definition) is 2.